The monoisotopic (exact) mass is 447 g/mol. The molecule has 2 amide bonds. The molecule has 1 aromatic carbocycles. The molecule has 1 N–H and O–H groups in total. The number of hydrogen-bond donors (Lipinski definition) is 1. The Morgan fingerprint density at radius 3 is 2.50 bits per heavy atom. The van der Waals surface area contributed by atoms with E-state index in [-0.39, 0.29) is 24.3 Å². The second kappa shape index (κ2) is 10.6. The molecule has 5 nitrogen and oxygen atoms in total. The van der Waals surface area contributed by atoms with Crippen LogP contribution in [0.1, 0.15) is 54.3 Å². The number of aromatic nitrogens is 1. The van der Waals surface area contributed by atoms with Gasteiger partial charge in [-0.15, -0.1) is 11.3 Å². The molecule has 2 heterocycles. The molecular weight excluding hydrogens is 418 g/mol. The first-order valence-electron chi connectivity index (χ1n) is 11.2. The summed E-state index contributed by atoms with van der Waals surface area (Å²) >= 11 is 1.55. The van der Waals surface area contributed by atoms with Crippen LogP contribution in [-0.4, -0.2) is 22.8 Å². The molecular formula is C26H29N3O2S. The molecule has 0 spiro atoms. The molecule has 1 fully saturated rings. The largest absolute Gasteiger partial charge is 0.351 e. The molecule has 4 rings (SSSR count). The Balaban J connectivity index is 1.71. The van der Waals surface area contributed by atoms with E-state index in [1.807, 2.05) is 66.9 Å². The summed E-state index contributed by atoms with van der Waals surface area (Å²) in [6.45, 7) is 2.01. The lowest BCUT2D eigenvalue weighted by molar-refractivity contribution is -0.127. The molecule has 32 heavy (non-hydrogen) atoms. The van der Waals surface area contributed by atoms with Gasteiger partial charge in [0.1, 0.15) is 0 Å². The zero-order valence-corrected chi connectivity index (χ0v) is 19.2. The molecule has 1 saturated carbocycles. The zero-order valence-electron chi connectivity index (χ0n) is 18.4. The molecule has 1 atom stereocenters. The van der Waals surface area contributed by atoms with Gasteiger partial charge in [0.15, 0.2) is 6.04 Å². The fourth-order valence-corrected chi connectivity index (χ4v) is 4.93. The number of aryl methyl sites for hydroxylation is 1. The highest BCUT2D eigenvalue weighted by atomic mass is 32.1. The minimum absolute atomic E-state index is 0.120. The second-order valence-corrected chi connectivity index (χ2v) is 9.39. The molecule has 0 bridgehead atoms. The van der Waals surface area contributed by atoms with Crippen molar-refractivity contribution in [1.29, 1.82) is 0 Å². The number of pyridine rings is 1. The van der Waals surface area contributed by atoms with E-state index in [0.717, 1.165) is 36.1 Å². The predicted molar refractivity (Wildman–Crippen MR) is 129 cm³/mol. The van der Waals surface area contributed by atoms with Crippen LogP contribution in [0.25, 0.3) is 0 Å². The zero-order chi connectivity index (χ0) is 22.3. The third kappa shape index (κ3) is 5.43. The number of hydrogen-bond acceptors (Lipinski definition) is 4. The molecule has 3 aromatic rings. The van der Waals surface area contributed by atoms with Gasteiger partial charge in [0.05, 0.1) is 12.1 Å². The van der Waals surface area contributed by atoms with Crippen molar-refractivity contribution in [3.8, 4) is 0 Å². The quantitative estimate of drug-likeness (QED) is 0.540. The van der Waals surface area contributed by atoms with Gasteiger partial charge < -0.3 is 5.32 Å². The Morgan fingerprint density at radius 2 is 1.84 bits per heavy atom. The maximum absolute atomic E-state index is 13.7. The summed E-state index contributed by atoms with van der Waals surface area (Å²) in [5.74, 6) is -0.290. The number of anilines is 1. The van der Waals surface area contributed by atoms with Crippen molar-refractivity contribution in [3.63, 3.8) is 0 Å². The number of benzene rings is 1. The molecule has 6 heteroatoms. The number of carbonyl (C=O) groups is 2. The lowest BCUT2D eigenvalue weighted by atomic mass is 9.95. The van der Waals surface area contributed by atoms with Crippen LogP contribution in [0.3, 0.4) is 0 Å². The van der Waals surface area contributed by atoms with Crippen LogP contribution in [0.5, 0.6) is 0 Å². The van der Waals surface area contributed by atoms with Crippen molar-refractivity contribution in [1.82, 2.24) is 10.3 Å². The summed E-state index contributed by atoms with van der Waals surface area (Å²) in [6, 6.07) is 16.5. The average Bonchev–Trinajstić information content (AvgIpc) is 3.32. The van der Waals surface area contributed by atoms with Crippen LogP contribution in [0, 0.1) is 6.92 Å². The van der Waals surface area contributed by atoms with Gasteiger partial charge in [-0.1, -0.05) is 49.1 Å². The summed E-state index contributed by atoms with van der Waals surface area (Å²) in [4.78, 5) is 34.4. The molecule has 166 valence electrons. The maximum Gasteiger partial charge on any atom is 0.249 e. The lowest BCUT2D eigenvalue weighted by Crippen LogP contribution is -2.48. The summed E-state index contributed by atoms with van der Waals surface area (Å²) in [7, 11) is 0. The van der Waals surface area contributed by atoms with Crippen molar-refractivity contribution in [3.05, 3.63) is 82.3 Å². The van der Waals surface area contributed by atoms with Crippen LogP contribution >= 0.6 is 11.3 Å². The predicted octanol–water partition coefficient (Wildman–Crippen LogP) is 5.22. The molecule has 0 aliphatic heterocycles. The normalized spacial score (nSPS) is 15.2. The number of amides is 2. The molecule has 1 unspecified atom stereocenters. The number of carbonyl (C=O) groups excluding carboxylic acids is 2. The van der Waals surface area contributed by atoms with E-state index in [2.05, 4.69) is 10.3 Å². The first-order chi connectivity index (χ1) is 15.6. The highest BCUT2D eigenvalue weighted by Gasteiger charge is 2.35. The van der Waals surface area contributed by atoms with Gasteiger partial charge in [-0.3, -0.25) is 19.5 Å². The smallest absolute Gasteiger partial charge is 0.249 e. The Labute approximate surface area is 193 Å². The van der Waals surface area contributed by atoms with Gasteiger partial charge in [-0.25, -0.2) is 0 Å². The van der Waals surface area contributed by atoms with Gasteiger partial charge in [-0.2, -0.15) is 0 Å². The third-order valence-electron chi connectivity index (χ3n) is 5.91. The first kappa shape index (κ1) is 22.2. The average molecular weight is 448 g/mol. The van der Waals surface area contributed by atoms with Crippen molar-refractivity contribution < 1.29 is 9.59 Å². The van der Waals surface area contributed by atoms with E-state index in [0.29, 0.717) is 11.4 Å². The topological polar surface area (TPSA) is 62.3 Å². The summed E-state index contributed by atoms with van der Waals surface area (Å²) in [5.41, 5.74) is 2.37. The first-order valence-corrected chi connectivity index (χ1v) is 12.1. The second-order valence-electron chi connectivity index (χ2n) is 8.36. The van der Waals surface area contributed by atoms with E-state index in [1.165, 1.54) is 6.42 Å². The van der Waals surface area contributed by atoms with Gasteiger partial charge in [-0.05, 0) is 55.5 Å². The van der Waals surface area contributed by atoms with Crippen LogP contribution in [0.15, 0.2) is 66.2 Å². The van der Waals surface area contributed by atoms with Crippen LogP contribution in [0.2, 0.25) is 0 Å². The lowest BCUT2D eigenvalue weighted by Gasteiger charge is -2.33. The molecule has 0 radical (unpaired) electrons. The van der Waals surface area contributed by atoms with Crippen LogP contribution in [0.4, 0.5) is 5.69 Å². The highest BCUT2D eigenvalue weighted by Crippen LogP contribution is 2.29. The molecule has 0 saturated heterocycles. The van der Waals surface area contributed by atoms with Gasteiger partial charge in [0.25, 0.3) is 0 Å². The van der Waals surface area contributed by atoms with Crippen molar-refractivity contribution in [2.24, 2.45) is 0 Å². The fourth-order valence-electron chi connectivity index (χ4n) is 4.24. The van der Waals surface area contributed by atoms with E-state index in [4.69, 9.17) is 0 Å². The highest BCUT2D eigenvalue weighted by molar-refractivity contribution is 7.10. The summed E-state index contributed by atoms with van der Waals surface area (Å²) in [5, 5.41) is 5.19. The van der Waals surface area contributed by atoms with E-state index >= 15 is 0 Å². The van der Waals surface area contributed by atoms with E-state index in [9.17, 15) is 9.59 Å². The van der Waals surface area contributed by atoms with Gasteiger partial charge >= 0.3 is 0 Å². The Kier molecular flexibility index (Phi) is 7.32. The number of rotatable bonds is 7. The number of nitrogens with one attached hydrogen (secondary N) is 1. The Bertz CT molecular complexity index is 1010. The van der Waals surface area contributed by atoms with Gasteiger partial charge in [0, 0.05) is 22.8 Å². The number of thiophene rings is 1. The Hall–Kier alpha value is -2.99. The van der Waals surface area contributed by atoms with Crippen LogP contribution < -0.4 is 10.2 Å². The van der Waals surface area contributed by atoms with Crippen molar-refractivity contribution >= 4 is 28.8 Å². The third-order valence-corrected chi connectivity index (χ3v) is 6.79. The SMILES string of the molecule is Cc1ccc(N(C(=O)Cc2cccs2)C(C(=O)NC2CCCCC2)c2ccccn2)cc1. The fraction of sp³-hybridized carbons (Fsp3) is 0.346. The molecule has 1 aliphatic carbocycles. The van der Waals surface area contributed by atoms with Crippen molar-refractivity contribution in [2.45, 2.75) is 57.5 Å². The minimum Gasteiger partial charge on any atom is -0.351 e. The standard InChI is InChI=1S/C26H29N3O2S/c1-19-12-14-21(15-13-19)29(24(30)18-22-10-7-17-32-22)25(23-11-5-6-16-27-23)26(31)28-20-8-3-2-4-9-20/h5-7,10-17,20,25H,2-4,8-9,18H2,1H3,(H,28,31). The van der Waals surface area contributed by atoms with E-state index in [1.54, 1.807) is 22.4 Å². The Morgan fingerprint density at radius 1 is 1.06 bits per heavy atom. The molecule has 1 aliphatic rings. The molecule has 2 aromatic heterocycles. The van der Waals surface area contributed by atoms with Crippen LogP contribution in [-0.2, 0) is 16.0 Å². The summed E-state index contributed by atoms with van der Waals surface area (Å²) in [6.07, 6.45) is 7.34. The van der Waals surface area contributed by atoms with E-state index < -0.39 is 6.04 Å². The summed E-state index contributed by atoms with van der Waals surface area (Å²) < 4.78 is 0. The van der Waals surface area contributed by atoms with Gasteiger partial charge in [0.2, 0.25) is 11.8 Å². The maximum atomic E-state index is 13.7. The number of nitrogens with zero attached hydrogens (tertiary/aromatic N) is 2. The van der Waals surface area contributed by atoms with Crippen molar-refractivity contribution in [2.75, 3.05) is 4.90 Å². The minimum atomic E-state index is -0.826.